The van der Waals surface area contributed by atoms with Crippen LogP contribution in [-0.4, -0.2) is 22.5 Å². The van der Waals surface area contributed by atoms with Crippen molar-refractivity contribution in [1.29, 1.82) is 0 Å². The zero-order valence-electron chi connectivity index (χ0n) is 25.4. The third-order valence-electron chi connectivity index (χ3n) is 11.0. The molecule has 2 aromatic carbocycles. The molecule has 1 saturated carbocycles. The molecular formula is C36H44O4. The maximum absolute atomic E-state index is 14.5. The first-order valence-electron chi connectivity index (χ1n) is 15.0. The SMILES string of the molecule is CC(=O)C1=C(O)CC2CC3Cc4c(C(C)C)cc(CCc5ccc(C)c(C)c5)c(C)c4C(=O)C3C(C)C2(C)C1=O. The minimum atomic E-state index is -0.836. The molecule has 5 unspecified atom stereocenters. The van der Waals surface area contributed by atoms with E-state index in [9.17, 15) is 19.5 Å². The van der Waals surface area contributed by atoms with Gasteiger partial charge in [0.15, 0.2) is 17.3 Å². The fourth-order valence-electron chi connectivity index (χ4n) is 8.26. The fourth-order valence-corrected chi connectivity index (χ4v) is 8.26. The van der Waals surface area contributed by atoms with E-state index in [0.717, 1.165) is 30.4 Å². The second kappa shape index (κ2) is 10.1. The number of carbonyl (C=O) groups excluding carboxylic acids is 3. The first kappa shape index (κ1) is 28.5. The molecule has 3 aliphatic carbocycles. The fraction of sp³-hybridized carbons (Fsp3) is 0.528. The smallest absolute Gasteiger partial charge is 0.176 e. The predicted octanol–water partition coefficient (Wildman–Crippen LogP) is 7.53. The molecule has 40 heavy (non-hydrogen) atoms. The first-order chi connectivity index (χ1) is 18.8. The van der Waals surface area contributed by atoms with E-state index >= 15 is 0 Å². The highest BCUT2D eigenvalue weighted by atomic mass is 16.3. The van der Waals surface area contributed by atoms with Gasteiger partial charge in [0, 0.05) is 23.3 Å². The van der Waals surface area contributed by atoms with Gasteiger partial charge in [0.25, 0.3) is 0 Å². The summed E-state index contributed by atoms with van der Waals surface area (Å²) < 4.78 is 0. The molecule has 0 spiro atoms. The highest BCUT2D eigenvalue weighted by Gasteiger charge is 2.60. The first-order valence-corrected chi connectivity index (χ1v) is 15.0. The minimum absolute atomic E-state index is 0.0559. The van der Waals surface area contributed by atoms with E-state index in [1.165, 1.54) is 40.3 Å². The minimum Gasteiger partial charge on any atom is -0.511 e. The normalized spacial score (nSPS) is 27.9. The van der Waals surface area contributed by atoms with Crippen molar-refractivity contribution in [3.05, 3.63) is 80.1 Å². The van der Waals surface area contributed by atoms with E-state index in [1.54, 1.807) is 0 Å². The zero-order chi connectivity index (χ0) is 29.3. The molecule has 0 heterocycles. The van der Waals surface area contributed by atoms with Gasteiger partial charge in [0.05, 0.1) is 5.57 Å². The number of ketones is 3. The van der Waals surface area contributed by atoms with Crippen LogP contribution in [0, 0.1) is 49.9 Å². The Morgan fingerprint density at radius 2 is 1.75 bits per heavy atom. The number of benzene rings is 2. The molecule has 1 N–H and O–H groups in total. The van der Waals surface area contributed by atoms with Crippen LogP contribution in [0.4, 0.5) is 0 Å². The molecule has 3 aliphatic rings. The summed E-state index contributed by atoms with van der Waals surface area (Å²) in [5, 5.41) is 10.7. The lowest BCUT2D eigenvalue weighted by atomic mass is 9.47. The van der Waals surface area contributed by atoms with E-state index in [0.29, 0.717) is 18.8 Å². The van der Waals surface area contributed by atoms with Crippen LogP contribution in [0.3, 0.4) is 0 Å². The number of Topliss-reactive ketones (excluding diaryl/α,β-unsaturated/α-hetero) is 3. The van der Waals surface area contributed by atoms with E-state index in [2.05, 4.69) is 58.9 Å². The van der Waals surface area contributed by atoms with Crippen molar-refractivity contribution in [1.82, 2.24) is 0 Å². The molecule has 0 saturated heterocycles. The molecule has 5 atom stereocenters. The Hall–Kier alpha value is -3.01. The molecule has 1 fully saturated rings. The van der Waals surface area contributed by atoms with Crippen molar-refractivity contribution in [3.63, 3.8) is 0 Å². The molecule has 212 valence electrons. The molecular weight excluding hydrogens is 496 g/mol. The van der Waals surface area contributed by atoms with Gasteiger partial charge in [-0.15, -0.1) is 0 Å². The van der Waals surface area contributed by atoms with Gasteiger partial charge in [-0.25, -0.2) is 0 Å². The Bertz CT molecular complexity index is 1460. The van der Waals surface area contributed by atoms with Crippen LogP contribution in [0.5, 0.6) is 0 Å². The number of allylic oxidation sites excluding steroid dienone is 2. The predicted molar refractivity (Wildman–Crippen MR) is 159 cm³/mol. The molecule has 5 rings (SSSR count). The third kappa shape index (κ3) is 4.30. The second-order valence-electron chi connectivity index (χ2n) is 13.4. The van der Waals surface area contributed by atoms with Gasteiger partial charge in [-0.3, -0.25) is 14.4 Å². The van der Waals surface area contributed by atoms with Gasteiger partial charge in [0.2, 0.25) is 0 Å². The average Bonchev–Trinajstić information content (AvgIpc) is 2.87. The lowest BCUT2D eigenvalue weighted by Crippen LogP contribution is -2.57. The van der Waals surface area contributed by atoms with E-state index in [-0.39, 0.29) is 52.4 Å². The highest BCUT2D eigenvalue weighted by Crippen LogP contribution is 2.59. The maximum atomic E-state index is 14.5. The van der Waals surface area contributed by atoms with E-state index in [4.69, 9.17) is 0 Å². The Morgan fingerprint density at radius 1 is 1.05 bits per heavy atom. The van der Waals surface area contributed by atoms with Crippen LogP contribution in [0.25, 0.3) is 0 Å². The van der Waals surface area contributed by atoms with Crippen LogP contribution in [-0.2, 0) is 28.9 Å². The number of aliphatic hydroxyl groups excluding tert-OH is 1. The number of aryl methyl sites for hydroxylation is 4. The van der Waals surface area contributed by atoms with Crippen LogP contribution < -0.4 is 0 Å². The monoisotopic (exact) mass is 540 g/mol. The topological polar surface area (TPSA) is 71.4 Å². The number of rotatable bonds is 5. The summed E-state index contributed by atoms with van der Waals surface area (Å²) >= 11 is 0. The Morgan fingerprint density at radius 3 is 2.38 bits per heavy atom. The van der Waals surface area contributed by atoms with E-state index < -0.39 is 5.41 Å². The van der Waals surface area contributed by atoms with Gasteiger partial charge in [-0.1, -0.05) is 52.0 Å². The summed E-state index contributed by atoms with van der Waals surface area (Å²) in [5.41, 5.74) is 8.68. The van der Waals surface area contributed by atoms with Crippen molar-refractivity contribution < 1.29 is 19.5 Å². The Balaban J connectivity index is 1.55. The summed E-state index contributed by atoms with van der Waals surface area (Å²) in [5.74, 6) is -0.690. The van der Waals surface area contributed by atoms with Crippen LogP contribution in [0.2, 0.25) is 0 Å². The number of hydrogen-bond donors (Lipinski definition) is 1. The largest absolute Gasteiger partial charge is 0.511 e. The summed E-state index contributed by atoms with van der Waals surface area (Å²) in [4.78, 5) is 40.6. The van der Waals surface area contributed by atoms with Crippen LogP contribution >= 0.6 is 0 Å². The van der Waals surface area contributed by atoms with Gasteiger partial charge in [0.1, 0.15) is 5.76 Å². The molecule has 0 radical (unpaired) electrons. The van der Waals surface area contributed by atoms with Crippen LogP contribution in [0.1, 0.15) is 103 Å². The number of carbonyl (C=O) groups is 3. The van der Waals surface area contributed by atoms with Crippen LogP contribution in [0.15, 0.2) is 35.6 Å². The lowest BCUT2D eigenvalue weighted by Gasteiger charge is -2.55. The molecule has 0 amide bonds. The highest BCUT2D eigenvalue weighted by molar-refractivity contribution is 6.22. The lowest BCUT2D eigenvalue weighted by molar-refractivity contribution is -0.140. The molecule has 2 aromatic rings. The average molecular weight is 541 g/mol. The number of hydrogen-bond acceptors (Lipinski definition) is 4. The van der Waals surface area contributed by atoms with E-state index in [1.807, 2.05) is 13.8 Å². The zero-order valence-corrected chi connectivity index (χ0v) is 25.4. The van der Waals surface area contributed by atoms with Crippen molar-refractivity contribution >= 4 is 17.3 Å². The summed E-state index contributed by atoms with van der Waals surface area (Å²) in [6.45, 7) is 16.1. The van der Waals surface area contributed by atoms with Gasteiger partial charge < -0.3 is 5.11 Å². The number of fused-ring (bicyclic) bond motifs is 3. The molecule has 4 nitrogen and oxygen atoms in total. The summed E-state index contributed by atoms with van der Waals surface area (Å²) in [7, 11) is 0. The Labute approximate surface area is 239 Å². The van der Waals surface area contributed by atoms with Crippen molar-refractivity contribution in [2.45, 2.75) is 93.4 Å². The molecule has 4 heteroatoms. The Kier molecular flexibility index (Phi) is 7.21. The summed E-state index contributed by atoms with van der Waals surface area (Å²) in [6.07, 6.45) is 3.67. The molecule has 0 aromatic heterocycles. The van der Waals surface area contributed by atoms with Crippen molar-refractivity contribution in [3.8, 4) is 0 Å². The summed E-state index contributed by atoms with van der Waals surface area (Å²) in [6, 6.07) is 9.01. The second-order valence-corrected chi connectivity index (χ2v) is 13.4. The standard InChI is InChI=1S/C36H44O4/c1-18(2)28-15-25(12-11-24-10-9-19(3)20(4)13-24)21(5)31-29(28)16-26-14-27-17-30(38)33(23(7)37)35(40)36(27,8)22(6)32(26)34(31)39/h9-10,13,15,18,22,26-27,32,38H,11-12,14,16-17H2,1-8H3. The maximum Gasteiger partial charge on any atom is 0.176 e. The van der Waals surface area contributed by atoms with Gasteiger partial charge in [-0.05, 0) is 116 Å². The van der Waals surface area contributed by atoms with Crippen molar-refractivity contribution in [2.24, 2.45) is 29.1 Å². The molecule has 0 aliphatic heterocycles. The number of aliphatic hydroxyl groups is 1. The van der Waals surface area contributed by atoms with Gasteiger partial charge >= 0.3 is 0 Å². The molecule has 0 bridgehead atoms. The third-order valence-corrected chi connectivity index (χ3v) is 11.0. The quantitative estimate of drug-likeness (QED) is 0.398. The van der Waals surface area contributed by atoms with Crippen molar-refractivity contribution in [2.75, 3.05) is 0 Å². The van der Waals surface area contributed by atoms with Gasteiger partial charge in [-0.2, -0.15) is 0 Å².